The van der Waals surface area contributed by atoms with Crippen LogP contribution in [0.15, 0.2) is 12.4 Å². The Morgan fingerprint density at radius 3 is 2.84 bits per heavy atom. The third-order valence-corrected chi connectivity index (χ3v) is 3.83. The molecule has 0 bridgehead atoms. The summed E-state index contributed by atoms with van der Waals surface area (Å²) in [5.41, 5.74) is 0. The Morgan fingerprint density at radius 1 is 1.21 bits per heavy atom. The zero-order valence-electron chi connectivity index (χ0n) is 12.3. The second-order valence-electron chi connectivity index (χ2n) is 5.47. The maximum atomic E-state index is 4.41. The molecule has 1 saturated heterocycles. The molecular formula is C15H28N4. The summed E-state index contributed by atoms with van der Waals surface area (Å²) < 4.78 is 2.25. The van der Waals surface area contributed by atoms with E-state index in [9.17, 15) is 0 Å². The van der Waals surface area contributed by atoms with E-state index in [0.717, 1.165) is 19.6 Å². The van der Waals surface area contributed by atoms with Gasteiger partial charge in [0, 0.05) is 18.9 Å². The van der Waals surface area contributed by atoms with Crippen molar-refractivity contribution in [2.45, 2.75) is 52.1 Å². The molecule has 108 valence electrons. The number of aromatic nitrogens is 2. The molecule has 0 spiro atoms. The van der Waals surface area contributed by atoms with Gasteiger partial charge in [0.25, 0.3) is 0 Å². The second kappa shape index (κ2) is 8.33. The van der Waals surface area contributed by atoms with Crippen molar-refractivity contribution in [3.8, 4) is 0 Å². The average molecular weight is 264 g/mol. The number of nitrogens with one attached hydrogen (secondary N) is 1. The third-order valence-electron chi connectivity index (χ3n) is 3.83. The molecule has 1 aliphatic heterocycles. The summed E-state index contributed by atoms with van der Waals surface area (Å²) in [6.45, 7) is 9.13. The van der Waals surface area contributed by atoms with Crippen LogP contribution in [0.4, 0.5) is 0 Å². The van der Waals surface area contributed by atoms with Crippen LogP contribution in [-0.4, -0.2) is 40.6 Å². The number of hydrogen-bond acceptors (Lipinski definition) is 3. The highest BCUT2D eigenvalue weighted by Crippen LogP contribution is 2.08. The smallest absolute Gasteiger partial charge is 0.122 e. The molecule has 1 fully saturated rings. The Balaban J connectivity index is 1.57. The standard InChI is InChI=1S/C15H28N4/c1-2-9-19-13-8-17-15(19)14-16-7-6-12-18-10-4-3-5-11-18/h8,13,16H,2-7,9-12,14H2,1H3. The van der Waals surface area contributed by atoms with Crippen LogP contribution in [0.3, 0.4) is 0 Å². The van der Waals surface area contributed by atoms with Crippen LogP contribution in [0, 0.1) is 0 Å². The van der Waals surface area contributed by atoms with E-state index in [1.54, 1.807) is 0 Å². The molecule has 2 rings (SSSR count). The minimum absolute atomic E-state index is 0.896. The lowest BCUT2D eigenvalue weighted by Gasteiger charge is -2.26. The van der Waals surface area contributed by atoms with Crippen molar-refractivity contribution in [2.75, 3.05) is 26.2 Å². The molecule has 1 aliphatic rings. The van der Waals surface area contributed by atoms with Crippen LogP contribution in [0.5, 0.6) is 0 Å². The molecule has 0 unspecified atom stereocenters. The quantitative estimate of drug-likeness (QED) is 0.731. The van der Waals surface area contributed by atoms with Crippen LogP contribution in [-0.2, 0) is 13.1 Å². The maximum absolute atomic E-state index is 4.41. The van der Waals surface area contributed by atoms with Crippen molar-refractivity contribution >= 4 is 0 Å². The van der Waals surface area contributed by atoms with Crippen molar-refractivity contribution in [3.63, 3.8) is 0 Å². The number of nitrogens with zero attached hydrogens (tertiary/aromatic N) is 3. The number of piperidine rings is 1. The van der Waals surface area contributed by atoms with E-state index in [4.69, 9.17) is 0 Å². The minimum atomic E-state index is 0.896. The van der Waals surface area contributed by atoms with E-state index >= 15 is 0 Å². The molecule has 1 N–H and O–H groups in total. The van der Waals surface area contributed by atoms with Crippen molar-refractivity contribution in [3.05, 3.63) is 18.2 Å². The van der Waals surface area contributed by atoms with E-state index in [1.165, 1.54) is 57.6 Å². The zero-order chi connectivity index (χ0) is 13.3. The topological polar surface area (TPSA) is 33.1 Å². The first kappa shape index (κ1) is 14.5. The van der Waals surface area contributed by atoms with Crippen LogP contribution in [0.25, 0.3) is 0 Å². The van der Waals surface area contributed by atoms with Crippen molar-refractivity contribution < 1.29 is 0 Å². The zero-order valence-corrected chi connectivity index (χ0v) is 12.3. The van der Waals surface area contributed by atoms with Gasteiger partial charge >= 0.3 is 0 Å². The SMILES string of the molecule is CCCn1ccnc1CNCCCN1CCCCC1. The summed E-state index contributed by atoms with van der Waals surface area (Å²) in [6.07, 6.45) is 10.6. The molecule has 2 heterocycles. The van der Waals surface area contributed by atoms with E-state index in [2.05, 4.69) is 32.9 Å². The minimum Gasteiger partial charge on any atom is -0.334 e. The summed E-state index contributed by atoms with van der Waals surface area (Å²) >= 11 is 0. The molecule has 1 aromatic heterocycles. The number of likely N-dealkylation sites (tertiary alicyclic amines) is 1. The molecule has 4 nitrogen and oxygen atoms in total. The van der Waals surface area contributed by atoms with Crippen LogP contribution in [0.2, 0.25) is 0 Å². The summed E-state index contributed by atoms with van der Waals surface area (Å²) in [5, 5.41) is 3.52. The molecule has 0 radical (unpaired) electrons. The largest absolute Gasteiger partial charge is 0.334 e. The van der Waals surface area contributed by atoms with Gasteiger partial charge in [-0.3, -0.25) is 0 Å². The lowest BCUT2D eigenvalue weighted by molar-refractivity contribution is 0.225. The highest BCUT2D eigenvalue weighted by Gasteiger charge is 2.08. The fraction of sp³-hybridized carbons (Fsp3) is 0.800. The molecule has 0 aliphatic carbocycles. The van der Waals surface area contributed by atoms with Crippen molar-refractivity contribution in [2.24, 2.45) is 0 Å². The van der Waals surface area contributed by atoms with Gasteiger partial charge in [-0.05, 0) is 51.9 Å². The second-order valence-corrected chi connectivity index (χ2v) is 5.47. The molecule has 0 saturated carbocycles. The third kappa shape index (κ3) is 4.96. The molecular weight excluding hydrogens is 236 g/mol. The molecule has 4 heteroatoms. The van der Waals surface area contributed by atoms with Gasteiger partial charge in [-0.1, -0.05) is 13.3 Å². The van der Waals surface area contributed by atoms with Gasteiger partial charge in [0.1, 0.15) is 5.82 Å². The number of aryl methyl sites for hydroxylation is 1. The Hall–Kier alpha value is -0.870. The first-order chi connectivity index (χ1) is 9.40. The first-order valence-electron chi connectivity index (χ1n) is 7.83. The normalized spacial score (nSPS) is 16.9. The first-order valence-corrected chi connectivity index (χ1v) is 7.83. The maximum Gasteiger partial charge on any atom is 0.122 e. The van der Waals surface area contributed by atoms with Crippen LogP contribution < -0.4 is 5.32 Å². The van der Waals surface area contributed by atoms with E-state index in [-0.39, 0.29) is 0 Å². The Bertz CT molecular complexity index is 342. The van der Waals surface area contributed by atoms with Gasteiger partial charge in [0.05, 0.1) is 6.54 Å². The van der Waals surface area contributed by atoms with E-state index < -0.39 is 0 Å². The van der Waals surface area contributed by atoms with E-state index in [0.29, 0.717) is 0 Å². The number of imidazole rings is 1. The Morgan fingerprint density at radius 2 is 2.05 bits per heavy atom. The van der Waals surface area contributed by atoms with Crippen LogP contribution in [0.1, 0.15) is 44.9 Å². The summed E-state index contributed by atoms with van der Waals surface area (Å²) in [5.74, 6) is 1.17. The number of rotatable bonds is 8. The van der Waals surface area contributed by atoms with Gasteiger partial charge in [-0.2, -0.15) is 0 Å². The van der Waals surface area contributed by atoms with Gasteiger partial charge in [0.15, 0.2) is 0 Å². The fourth-order valence-electron chi connectivity index (χ4n) is 2.76. The van der Waals surface area contributed by atoms with Crippen LogP contribution >= 0.6 is 0 Å². The summed E-state index contributed by atoms with van der Waals surface area (Å²) in [7, 11) is 0. The highest BCUT2D eigenvalue weighted by atomic mass is 15.1. The predicted octanol–water partition coefficient (Wildman–Crippen LogP) is 2.26. The summed E-state index contributed by atoms with van der Waals surface area (Å²) in [4.78, 5) is 7.01. The summed E-state index contributed by atoms with van der Waals surface area (Å²) in [6, 6.07) is 0. The molecule has 0 amide bonds. The molecule has 0 atom stereocenters. The fourth-order valence-corrected chi connectivity index (χ4v) is 2.76. The Labute approximate surface area is 117 Å². The van der Waals surface area contributed by atoms with Gasteiger partial charge < -0.3 is 14.8 Å². The predicted molar refractivity (Wildman–Crippen MR) is 79.1 cm³/mol. The van der Waals surface area contributed by atoms with E-state index in [1.807, 2.05) is 6.20 Å². The molecule has 19 heavy (non-hydrogen) atoms. The van der Waals surface area contributed by atoms with Crippen molar-refractivity contribution in [1.82, 2.24) is 19.8 Å². The molecule has 0 aromatic carbocycles. The average Bonchev–Trinajstić information content (AvgIpc) is 2.88. The Kier molecular flexibility index (Phi) is 6.37. The van der Waals surface area contributed by atoms with Gasteiger partial charge in [0.2, 0.25) is 0 Å². The monoisotopic (exact) mass is 264 g/mol. The highest BCUT2D eigenvalue weighted by molar-refractivity contribution is 4.91. The van der Waals surface area contributed by atoms with Gasteiger partial charge in [-0.25, -0.2) is 4.98 Å². The lowest BCUT2D eigenvalue weighted by atomic mass is 10.1. The molecule has 1 aromatic rings. The van der Waals surface area contributed by atoms with Crippen molar-refractivity contribution in [1.29, 1.82) is 0 Å². The lowest BCUT2D eigenvalue weighted by Crippen LogP contribution is -2.32. The van der Waals surface area contributed by atoms with Gasteiger partial charge in [-0.15, -0.1) is 0 Å². The number of hydrogen-bond donors (Lipinski definition) is 1.